The highest BCUT2D eigenvalue weighted by molar-refractivity contribution is 6.32. The molecule has 3 aliphatic rings. The van der Waals surface area contributed by atoms with E-state index in [9.17, 15) is 39.3 Å². The second-order valence-electron chi connectivity index (χ2n) is 9.72. The number of ketones is 4. The number of nitrogens with two attached hydrogens (primary N) is 1. The van der Waals surface area contributed by atoms with Crippen LogP contribution in [0.15, 0.2) is 12.1 Å². The molecule has 0 aromatic heterocycles. The molecule has 3 aliphatic carbocycles. The van der Waals surface area contributed by atoms with Gasteiger partial charge in [0, 0.05) is 25.7 Å². The lowest BCUT2D eigenvalue weighted by molar-refractivity contribution is -0.195. The Hall–Kier alpha value is -3.15. The van der Waals surface area contributed by atoms with Crippen LogP contribution in [0.3, 0.4) is 0 Å². The third-order valence-electron chi connectivity index (χ3n) is 7.49. The molecule has 2 saturated carbocycles. The van der Waals surface area contributed by atoms with Crippen LogP contribution in [0.2, 0.25) is 0 Å². The molecule has 0 aliphatic heterocycles. The van der Waals surface area contributed by atoms with Crippen LogP contribution < -0.4 is 10.6 Å². The minimum absolute atomic E-state index is 0.0189. The van der Waals surface area contributed by atoms with E-state index in [1.54, 1.807) is 25.1 Å². The molecule has 1 amide bonds. The van der Waals surface area contributed by atoms with Crippen molar-refractivity contribution in [3.05, 3.63) is 23.3 Å². The molecule has 0 bridgehead atoms. The molecule has 1 aromatic rings. The summed E-state index contributed by atoms with van der Waals surface area (Å²) in [6, 6.07) is 1.53. The van der Waals surface area contributed by atoms with Gasteiger partial charge in [0.1, 0.15) is 5.75 Å². The maximum atomic E-state index is 13.7. The molecule has 0 spiro atoms. The molecule has 11 heteroatoms. The molecule has 11 nitrogen and oxygen atoms in total. The van der Waals surface area contributed by atoms with Crippen LogP contribution in [0.5, 0.6) is 5.75 Å². The van der Waals surface area contributed by atoms with E-state index in [1.807, 2.05) is 0 Å². The average Bonchev–Trinajstić information content (AvgIpc) is 2.73. The number of aliphatic hydroxyl groups is 2. The number of hydrogen-bond acceptors (Lipinski definition) is 10. The first-order valence-corrected chi connectivity index (χ1v) is 10.8. The van der Waals surface area contributed by atoms with Gasteiger partial charge in [0.25, 0.3) is 0 Å². The number of benzene rings is 1. The number of nitrogens with zero attached hydrogens (tertiary/aromatic N) is 2. The van der Waals surface area contributed by atoms with Gasteiger partial charge in [-0.05, 0) is 38.2 Å². The third-order valence-corrected chi connectivity index (χ3v) is 7.49. The smallest absolute Gasteiger partial charge is 0.235 e. The first-order valence-electron chi connectivity index (χ1n) is 10.8. The molecule has 1 aromatic carbocycles. The Morgan fingerprint density at radius 2 is 1.71 bits per heavy atom. The summed E-state index contributed by atoms with van der Waals surface area (Å²) in [4.78, 5) is 68.5. The van der Waals surface area contributed by atoms with Crippen LogP contribution >= 0.6 is 0 Å². The Morgan fingerprint density at radius 3 is 2.24 bits per heavy atom. The highest BCUT2D eigenvalue weighted by Crippen LogP contribution is 2.51. The van der Waals surface area contributed by atoms with Crippen LogP contribution in [-0.4, -0.2) is 95.2 Å². The van der Waals surface area contributed by atoms with Gasteiger partial charge in [-0.15, -0.1) is 0 Å². The van der Waals surface area contributed by atoms with Gasteiger partial charge in [0.15, 0.2) is 34.7 Å². The van der Waals surface area contributed by atoms with Gasteiger partial charge in [-0.3, -0.25) is 28.9 Å². The van der Waals surface area contributed by atoms with Gasteiger partial charge < -0.3 is 26.0 Å². The highest BCUT2D eigenvalue weighted by Gasteiger charge is 2.72. The van der Waals surface area contributed by atoms with E-state index in [1.165, 1.54) is 25.1 Å². The Kier molecular flexibility index (Phi) is 5.42. The molecule has 2 fully saturated rings. The molecule has 4 unspecified atom stereocenters. The van der Waals surface area contributed by atoms with Crippen LogP contribution in [0.1, 0.15) is 15.9 Å². The number of Topliss-reactive ketones (excluding diaryl/α,β-unsaturated/α-hetero) is 4. The maximum absolute atomic E-state index is 13.7. The number of carbonyl (C=O) groups excluding carboxylic acids is 5. The zero-order chi connectivity index (χ0) is 25.4. The SMILES string of the molecule is CN(C)c1ccc(O)c2c1CC1C(C2=O)C(=O)[C@]2(O)C(=O)C(C(N)=O)C(=O)[C@@H](N(C)C)C2[C@H]1O. The van der Waals surface area contributed by atoms with E-state index in [0.717, 1.165) is 0 Å². The minimum Gasteiger partial charge on any atom is -0.507 e. The lowest BCUT2D eigenvalue weighted by atomic mass is 9.51. The zero-order valence-corrected chi connectivity index (χ0v) is 19.2. The number of hydrogen-bond donors (Lipinski definition) is 4. The molecule has 0 saturated heterocycles. The number of amides is 1. The predicted molar refractivity (Wildman–Crippen MR) is 117 cm³/mol. The monoisotopic (exact) mass is 473 g/mol. The molecule has 4 rings (SSSR count). The second-order valence-corrected chi connectivity index (χ2v) is 9.72. The normalized spacial score (nSPS) is 35.0. The number of fused-ring (bicyclic) bond motifs is 3. The third kappa shape index (κ3) is 2.90. The number of primary amides is 1. The Balaban J connectivity index is 1.94. The topological polar surface area (TPSA) is 179 Å². The summed E-state index contributed by atoms with van der Waals surface area (Å²) >= 11 is 0. The van der Waals surface area contributed by atoms with E-state index in [4.69, 9.17) is 5.73 Å². The summed E-state index contributed by atoms with van der Waals surface area (Å²) in [5, 5.41) is 33.4. The molecular weight excluding hydrogens is 446 g/mol. The lowest BCUT2D eigenvalue weighted by Crippen LogP contribution is -2.77. The van der Waals surface area contributed by atoms with Crippen molar-refractivity contribution in [3.8, 4) is 5.75 Å². The number of anilines is 1. The Morgan fingerprint density at radius 1 is 1.09 bits per heavy atom. The molecular formula is C23H27N3O8. The number of aromatic hydroxyl groups is 1. The fourth-order valence-electron chi connectivity index (χ4n) is 6.02. The standard InChI is InChI=1S/C23H27N3O8/c1-25(2)10-5-6-11(27)12-8(10)7-9-13(18(12)29)20(31)23(34)15(17(9)28)16(26(3)4)19(30)14(21(23)32)22(24)33/h5-6,9,13-17,27-28,34H,7H2,1-4H3,(H2,24,33)/t9?,13?,14?,15?,16-,17-,23-/m0/s1. The first kappa shape index (κ1) is 24.0. The summed E-state index contributed by atoms with van der Waals surface area (Å²) < 4.78 is 0. The van der Waals surface area contributed by atoms with E-state index >= 15 is 0 Å². The molecule has 34 heavy (non-hydrogen) atoms. The van der Waals surface area contributed by atoms with E-state index in [-0.39, 0.29) is 17.7 Å². The zero-order valence-electron chi connectivity index (χ0n) is 19.2. The van der Waals surface area contributed by atoms with Gasteiger partial charge in [-0.2, -0.15) is 0 Å². The molecule has 182 valence electrons. The van der Waals surface area contributed by atoms with E-state index < -0.39 is 70.5 Å². The van der Waals surface area contributed by atoms with Crippen molar-refractivity contribution in [2.45, 2.75) is 24.2 Å². The van der Waals surface area contributed by atoms with Crippen LogP contribution in [-0.2, 0) is 25.6 Å². The van der Waals surface area contributed by atoms with E-state index in [0.29, 0.717) is 11.3 Å². The van der Waals surface area contributed by atoms with Gasteiger partial charge in [0.2, 0.25) is 5.91 Å². The fraction of sp³-hybridized carbons (Fsp3) is 0.522. The summed E-state index contributed by atoms with van der Waals surface area (Å²) in [5.41, 5.74) is 3.17. The summed E-state index contributed by atoms with van der Waals surface area (Å²) in [6.45, 7) is 0. The van der Waals surface area contributed by atoms with Crippen molar-refractivity contribution in [2.75, 3.05) is 33.1 Å². The molecule has 7 atom stereocenters. The largest absolute Gasteiger partial charge is 0.507 e. The summed E-state index contributed by atoms with van der Waals surface area (Å²) in [5.74, 6) is -12.5. The van der Waals surface area contributed by atoms with Crippen LogP contribution in [0.25, 0.3) is 0 Å². The Labute approximate surface area is 195 Å². The minimum atomic E-state index is -2.98. The van der Waals surface area contributed by atoms with Gasteiger partial charge >= 0.3 is 0 Å². The summed E-state index contributed by atoms with van der Waals surface area (Å²) in [7, 11) is 6.36. The molecule has 0 radical (unpaired) electrons. The van der Waals surface area contributed by atoms with Crippen molar-refractivity contribution in [2.24, 2.45) is 29.4 Å². The van der Waals surface area contributed by atoms with Crippen molar-refractivity contribution < 1.29 is 39.3 Å². The van der Waals surface area contributed by atoms with Crippen LogP contribution in [0.4, 0.5) is 5.69 Å². The number of phenols is 1. The number of likely N-dealkylation sites (N-methyl/N-ethyl adjacent to an activating group) is 1. The van der Waals surface area contributed by atoms with Gasteiger partial charge in [-0.1, -0.05) is 0 Å². The second kappa shape index (κ2) is 7.69. The van der Waals surface area contributed by atoms with Gasteiger partial charge in [0.05, 0.1) is 29.5 Å². The number of aliphatic hydroxyl groups excluding tert-OH is 1. The lowest BCUT2D eigenvalue weighted by Gasteiger charge is -2.54. The quantitative estimate of drug-likeness (QED) is 0.356. The average molecular weight is 473 g/mol. The molecule has 5 N–H and O–H groups in total. The van der Waals surface area contributed by atoms with Crippen molar-refractivity contribution in [1.82, 2.24) is 4.90 Å². The number of phenolic OH excluding ortho intramolecular Hbond substituents is 1. The maximum Gasteiger partial charge on any atom is 0.235 e. The Bertz CT molecular complexity index is 1150. The van der Waals surface area contributed by atoms with E-state index in [2.05, 4.69) is 0 Å². The number of rotatable bonds is 3. The van der Waals surface area contributed by atoms with Crippen molar-refractivity contribution >= 4 is 34.7 Å². The van der Waals surface area contributed by atoms with Crippen LogP contribution in [0, 0.1) is 23.7 Å². The van der Waals surface area contributed by atoms with Crippen molar-refractivity contribution in [3.63, 3.8) is 0 Å². The predicted octanol–water partition coefficient (Wildman–Crippen LogP) is -2.10. The number of carbonyl (C=O) groups is 5. The van der Waals surface area contributed by atoms with Crippen molar-refractivity contribution in [1.29, 1.82) is 0 Å². The van der Waals surface area contributed by atoms with Gasteiger partial charge in [-0.25, -0.2) is 0 Å². The highest BCUT2D eigenvalue weighted by atomic mass is 16.3. The molecule has 0 heterocycles. The first-order chi connectivity index (χ1) is 15.8. The summed E-state index contributed by atoms with van der Waals surface area (Å²) in [6.07, 6.45) is -1.65. The fourth-order valence-corrected chi connectivity index (χ4v) is 6.02.